The molecule has 0 amide bonds. The lowest BCUT2D eigenvalue weighted by Gasteiger charge is -2.17. The largest absolute Gasteiger partial charge is 0.361 e. The highest BCUT2D eigenvalue weighted by molar-refractivity contribution is 6.18. The quantitative estimate of drug-likeness (QED) is 0.426. The van der Waals surface area contributed by atoms with Gasteiger partial charge in [0.25, 0.3) is 0 Å². The van der Waals surface area contributed by atoms with Crippen LogP contribution in [0.3, 0.4) is 0 Å². The molecule has 0 saturated carbocycles. The van der Waals surface area contributed by atoms with E-state index in [-0.39, 0.29) is 5.78 Å². The summed E-state index contributed by atoms with van der Waals surface area (Å²) in [6.07, 6.45) is 5.26. The van der Waals surface area contributed by atoms with E-state index < -0.39 is 5.60 Å². The normalized spacial score (nSPS) is 22.6. The third kappa shape index (κ3) is 4.31. The summed E-state index contributed by atoms with van der Waals surface area (Å²) in [5.74, 6) is 7.37. The molecule has 1 atom stereocenters. The first kappa shape index (κ1) is 15.6. The Labute approximate surface area is 119 Å². The van der Waals surface area contributed by atoms with Gasteiger partial charge in [-0.2, -0.15) is 0 Å². The van der Waals surface area contributed by atoms with Gasteiger partial charge in [-0.1, -0.05) is 11.8 Å². The van der Waals surface area contributed by atoms with Gasteiger partial charge in [-0.3, -0.25) is 4.79 Å². The van der Waals surface area contributed by atoms with E-state index in [0.717, 1.165) is 24.8 Å². The Kier molecular flexibility index (Phi) is 6.78. The first-order valence-electron chi connectivity index (χ1n) is 6.09. The van der Waals surface area contributed by atoms with Crippen molar-refractivity contribution in [3.63, 3.8) is 0 Å². The Bertz CT molecular complexity index is 379. The lowest BCUT2D eigenvalue weighted by molar-refractivity contribution is -0.117. The van der Waals surface area contributed by atoms with Crippen molar-refractivity contribution in [2.45, 2.75) is 37.7 Å². The molecule has 100 valence electrons. The maximum absolute atomic E-state index is 11.9. The molecule has 0 aliphatic heterocycles. The number of allylic oxidation sites excluding steroid dienone is 1. The van der Waals surface area contributed by atoms with Gasteiger partial charge in [0.2, 0.25) is 0 Å². The second-order valence-corrected chi connectivity index (χ2v) is 5.01. The zero-order valence-corrected chi connectivity index (χ0v) is 12.1. The third-order valence-corrected chi connectivity index (χ3v) is 3.40. The minimum absolute atomic E-state index is 0.119. The lowest BCUT2D eigenvalue weighted by Crippen LogP contribution is -2.25. The number of carbonyl (C=O) groups excluding carboxylic acids is 1. The molecule has 2 nitrogen and oxygen atoms in total. The second-order valence-electron chi connectivity index (χ2n) is 4.25. The minimum Gasteiger partial charge on any atom is -0.361 e. The summed E-state index contributed by atoms with van der Waals surface area (Å²) in [4.78, 5) is 11.9. The van der Waals surface area contributed by atoms with Crippen LogP contribution in [0.15, 0.2) is 11.6 Å². The van der Waals surface area contributed by atoms with Crippen LogP contribution < -0.4 is 0 Å². The Hall–Kier alpha value is -0.490. The molecule has 4 heteroatoms. The number of Topliss-reactive ketones (excluding diaryl/α,β-unsaturated/α-hetero) is 1. The van der Waals surface area contributed by atoms with Crippen LogP contribution in [0.5, 0.6) is 0 Å². The highest BCUT2D eigenvalue weighted by Gasteiger charge is 2.36. The summed E-state index contributed by atoms with van der Waals surface area (Å²) in [6, 6.07) is 0. The maximum atomic E-state index is 11.9. The summed E-state index contributed by atoms with van der Waals surface area (Å²) in [7, 11) is 1.59. The molecule has 0 aromatic rings. The van der Waals surface area contributed by atoms with E-state index in [9.17, 15) is 4.79 Å². The topological polar surface area (TPSA) is 26.3 Å². The monoisotopic (exact) mass is 288 g/mol. The number of hydrogen-bond donors (Lipinski definition) is 0. The van der Waals surface area contributed by atoms with Crippen LogP contribution in [0.25, 0.3) is 0 Å². The van der Waals surface area contributed by atoms with Gasteiger partial charge < -0.3 is 4.74 Å². The van der Waals surface area contributed by atoms with Crippen molar-refractivity contribution in [2.24, 2.45) is 0 Å². The number of ether oxygens (including phenoxy) is 1. The number of ketones is 1. The fraction of sp³-hybridized carbons (Fsp3) is 0.643. The van der Waals surface area contributed by atoms with Crippen LogP contribution in [0, 0.1) is 11.8 Å². The second kappa shape index (κ2) is 7.84. The lowest BCUT2D eigenvalue weighted by atomic mass is 10.0. The smallest absolute Gasteiger partial charge is 0.162 e. The van der Waals surface area contributed by atoms with E-state index in [4.69, 9.17) is 27.9 Å². The zero-order valence-electron chi connectivity index (χ0n) is 10.6. The van der Waals surface area contributed by atoms with E-state index in [1.54, 1.807) is 7.11 Å². The van der Waals surface area contributed by atoms with Gasteiger partial charge in [0.15, 0.2) is 11.4 Å². The first-order valence-corrected chi connectivity index (χ1v) is 7.16. The molecule has 0 aromatic carbocycles. The molecule has 1 rings (SSSR count). The molecule has 0 spiro atoms. The van der Waals surface area contributed by atoms with Gasteiger partial charge in [0.05, 0.1) is 6.42 Å². The van der Waals surface area contributed by atoms with E-state index in [1.165, 1.54) is 0 Å². The Morgan fingerprint density at radius 3 is 2.72 bits per heavy atom. The standard InChI is InChI=1S/C14H18Cl2O2/c1-18-14(7-3-2-4-8-15)10-12(6-5-9-16)13(17)11-14/h10H,2,4-6,8-9,11H2,1H3. The average Bonchev–Trinajstić information content (AvgIpc) is 2.70. The number of alkyl halides is 2. The third-order valence-electron chi connectivity index (χ3n) is 2.87. The van der Waals surface area contributed by atoms with Gasteiger partial charge in [-0.15, -0.1) is 23.2 Å². The summed E-state index contributed by atoms with van der Waals surface area (Å²) in [5, 5.41) is 0. The van der Waals surface area contributed by atoms with Crippen LogP contribution in [0.2, 0.25) is 0 Å². The van der Waals surface area contributed by atoms with Gasteiger partial charge >= 0.3 is 0 Å². The van der Waals surface area contributed by atoms with Crippen molar-refractivity contribution in [1.29, 1.82) is 0 Å². The number of rotatable bonds is 6. The average molecular weight is 289 g/mol. The fourth-order valence-corrected chi connectivity index (χ4v) is 2.13. The molecule has 0 aromatic heterocycles. The van der Waals surface area contributed by atoms with Crippen molar-refractivity contribution in [1.82, 2.24) is 0 Å². The number of hydrogen-bond acceptors (Lipinski definition) is 2. The molecule has 0 fully saturated rings. The van der Waals surface area contributed by atoms with Crippen LogP contribution in [-0.2, 0) is 9.53 Å². The summed E-state index contributed by atoms with van der Waals surface area (Å²) in [6.45, 7) is 0. The van der Waals surface area contributed by atoms with Gasteiger partial charge in [-0.05, 0) is 30.9 Å². The highest BCUT2D eigenvalue weighted by atomic mass is 35.5. The summed E-state index contributed by atoms with van der Waals surface area (Å²) >= 11 is 11.2. The van der Waals surface area contributed by atoms with Crippen molar-refractivity contribution >= 4 is 29.0 Å². The van der Waals surface area contributed by atoms with Gasteiger partial charge in [0.1, 0.15) is 0 Å². The molecule has 0 saturated heterocycles. The van der Waals surface area contributed by atoms with Crippen molar-refractivity contribution in [2.75, 3.05) is 18.9 Å². The maximum Gasteiger partial charge on any atom is 0.162 e. The van der Waals surface area contributed by atoms with Crippen LogP contribution >= 0.6 is 23.2 Å². The van der Waals surface area contributed by atoms with Crippen molar-refractivity contribution < 1.29 is 9.53 Å². The Balaban J connectivity index is 2.73. The van der Waals surface area contributed by atoms with Crippen LogP contribution in [0.1, 0.15) is 32.1 Å². The molecule has 0 radical (unpaired) electrons. The number of carbonyl (C=O) groups is 1. The zero-order chi connectivity index (χ0) is 13.4. The molecule has 1 unspecified atom stereocenters. The highest BCUT2D eigenvalue weighted by Crippen LogP contribution is 2.30. The van der Waals surface area contributed by atoms with Crippen molar-refractivity contribution in [3.8, 4) is 11.8 Å². The predicted molar refractivity (Wildman–Crippen MR) is 75.1 cm³/mol. The van der Waals surface area contributed by atoms with E-state index in [1.807, 2.05) is 6.08 Å². The van der Waals surface area contributed by atoms with Crippen molar-refractivity contribution in [3.05, 3.63) is 11.6 Å². The Morgan fingerprint density at radius 1 is 1.39 bits per heavy atom. The molecule has 18 heavy (non-hydrogen) atoms. The molecule has 0 heterocycles. The predicted octanol–water partition coefficient (Wildman–Crippen LogP) is 3.31. The number of halogens is 2. The summed E-state index contributed by atoms with van der Waals surface area (Å²) < 4.78 is 5.42. The molecular weight excluding hydrogens is 271 g/mol. The summed E-state index contributed by atoms with van der Waals surface area (Å²) in [5.41, 5.74) is 0.0644. The van der Waals surface area contributed by atoms with Crippen LogP contribution in [-0.4, -0.2) is 30.3 Å². The first-order chi connectivity index (χ1) is 8.67. The fourth-order valence-electron chi connectivity index (χ4n) is 1.86. The van der Waals surface area contributed by atoms with Gasteiger partial charge in [0, 0.05) is 25.3 Å². The molecule has 0 N–H and O–H groups in total. The van der Waals surface area contributed by atoms with Crippen LogP contribution in [0.4, 0.5) is 0 Å². The Morgan fingerprint density at radius 2 is 2.11 bits per heavy atom. The number of methoxy groups -OCH3 is 1. The van der Waals surface area contributed by atoms with Gasteiger partial charge in [-0.25, -0.2) is 0 Å². The molecule has 0 bridgehead atoms. The molecule has 1 aliphatic rings. The molecular formula is C14H18Cl2O2. The molecule has 1 aliphatic carbocycles. The van der Waals surface area contributed by atoms with E-state index in [2.05, 4.69) is 11.8 Å². The SMILES string of the molecule is COC1(C#CCCCCl)C=C(CCCCl)C(=O)C1. The number of unbranched alkanes of at least 4 members (excludes halogenated alkanes) is 1. The minimum atomic E-state index is -0.731. The van der Waals surface area contributed by atoms with E-state index >= 15 is 0 Å². The van der Waals surface area contributed by atoms with E-state index in [0.29, 0.717) is 24.6 Å².